The normalized spacial score (nSPS) is 13.8. The summed E-state index contributed by atoms with van der Waals surface area (Å²) < 4.78 is 33.5. The molecule has 9 heteroatoms. The fraction of sp³-hybridized carbons (Fsp3) is 0.816. The van der Waals surface area contributed by atoms with Crippen molar-refractivity contribution in [2.45, 2.75) is 225 Å². The van der Waals surface area contributed by atoms with E-state index in [1.54, 1.807) is 0 Å². The van der Waals surface area contributed by atoms with Gasteiger partial charge in [0.2, 0.25) is 0 Å². The second kappa shape index (κ2) is 46.5. The van der Waals surface area contributed by atoms with Crippen molar-refractivity contribution < 1.29 is 32.8 Å². The number of phosphoric ester groups is 1. The highest BCUT2D eigenvalue weighted by Crippen LogP contribution is 2.43. The number of esters is 1. The third-order valence-corrected chi connectivity index (χ3v) is 11.2. The monoisotopic (exact) mass is 838 g/mol. The molecule has 2 atom stereocenters. The van der Waals surface area contributed by atoms with Crippen molar-refractivity contribution in [3.05, 3.63) is 48.6 Å². The van der Waals surface area contributed by atoms with E-state index in [9.17, 15) is 14.3 Å². The molecule has 0 fully saturated rings. The predicted molar refractivity (Wildman–Crippen MR) is 247 cm³/mol. The van der Waals surface area contributed by atoms with E-state index in [1.165, 1.54) is 141 Å². The van der Waals surface area contributed by atoms with Gasteiger partial charge in [0.25, 0.3) is 0 Å². The molecule has 0 amide bonds. The Kier molecular flexibility index (Phi) is 45.3. The van der Waals surface area contributed by atoms with Gasteiger partial charge in [0, 0.05) is 19.6 Å². The molecule has 0 bridgehead atoms. The molecular formula is C49H92NO7P. The van der Waals surface area contributed by atoms with Gasteiger partial charge in [-0.3, -0.25) is 13.8 Å². The van der Waals surface area contributed by atoms with Crippen LogP contribution in [0.4, 0.5) is 0 Å². The molecule has 0 saturated heterocycles. The van der Waals surface area contributed by atoms with Gasteiger partial charge in [-0.15, -0.1) is 0 Å². The van der Waals surface area contributed by atoms with E-state index < -0.39 is 13.9 Å². The van der Waals surface area contributed by atoms with Crippen LogP contribution in [0.25, 0.3) is 0 Å². The second-order valence-electron chi connectivity index (χ2n) is 15.9. The summed E-state index contributed by atoms with van der Waals surface area (Å²) in [6, 6.07) is 0. The molecule has 0 spiro atoms. The summed E-state index contributed by atoms with van der Waals surface area (Å²) in [5.74, 6) is -0.334. The molecule has 3 N–H and O–H groups in total. The fourth-order valence-corrected chi connectivity index (χ4v) is 7.48. The average Bonchev–Trinajstić information content (AvgIpc) is 3.21. The number of nitrogens with two attached hydrogens (primary N) is 1. The van der Waals surface area contributed by atoms with Crippen molar-refractivity contribution in [2.75, 3.05) is 33.0 Å². The van der Waals surface area contributed by atoms with Crippen LogP contribution in [0.2, 0.25) is 0 Å². The van der Waals surface area contributed by atoms with Gasteiger partial charge in [0.15, 0.2) is 0 Å². The minimum absolute atomic E-state index is 0.0977. The summed E-state index contributed by atoms with van der Waals surface area (Å²) in [5, 5.41) is 0. The van der Waals surface area contributed by atoms with Crippen LogP contribution in [-0.2, 0) is 27.9 Å². The van der Waals surface area contributed by atoms with Crippen LogP contribution >= 0.6 is 7.82 Å². The van der Waals surface area contributed by atoms with Gasteiger partial charge in [-0.1, -0.05) is 191 Å². The van der Waals surface area contributed by atoms with Crippen molar-refractivity contribution >= 4 is 13.8 Å². The Morgan fingerprint density at radius 2 is 0.966 bits per heavy atom. The highest BCUT2D eigenvalue weighted by molar-refractivity contribution is 7.47. The van der Waals surface area contributed by atoms with Gasteiger partial charge < -0.3 is 20.1 Å². The van der Waals surface area contributed by atoms with Crippen LogP contribution in [0, 0.1) is 0 Å². The number of carbonyl (C=O) groups excluding carboxylic acids is 1. The van der Waals surface area contributed by atoms with Crippen LogP contribution < -0.4 is 5.73 Å². The standard InChI is InChI=1S/C49H92NO7P/c1-3-5-7-9-11-13-15-17-19-21-23-24-25-26-28-30-32-34-36-38-40-42-49(51)57-48(47-56-58(52,53)55-45-43-50)46-54-44-41-39-37-35-33-31-29-27-22-20-18-16-14-12-10-8-6-4-2/h6,8,12,14,18,20-21,23,48H,3-5,7,9-11,13,15-17,19,22,24-47,50H2,1-2H3,(H,52,53)/b8-6-,14-12-,20-18-,23-21-. The van der Waals surface area contributed by atoms with E-state index in [0.29, 0.717) is 13.0 Å². The molecule has 0 aliphatic heterocycles. The van der Waals surface area contributed by atoms with Gasteiger partial charge in [-0.2, -0.15) is 0 Å². The van der Waals surface area contributed by atoms with Crippen LogP contribution in [0.3, 0.4) is 0 Å². The molecule has 340 valence electrons. The molecule has 58 heavy (non-hydrogen) atoms. The van der Waals surface area contributed by atoms with Gasteiger partial charge >= 0.3 is 13.8 Å². The number of allylic oxidation sites excluding steroid dienone is 8. The molecule has 0 aliphatic carbocycles. The summed E-state index contributed by atoms with van der Waals surface area (Å²) in [6.45, 7) is 4.81. The maximum atomic E-state index is 12.6. The van der Waals surface area contributed by atoms with E-state index in [2.05, 4.69) is 62.5 Å². The third-order valence-electron chi connectivity index (χ3n) is 10.2. The Morgan fingerprint density at radius 3 is 1.47 bits per heavy atom. The first kappa shape index (κ1) is 56.5. The first-order valence-electron chi connectivity index (χ1n) is 24.1. The number of hydrogen-bond acceptors (Lipinski definition) is 7. The zero-order valence-corrected chi connectivity index (χ0v) is 38.7. The lowest BCUT2D eigenvalue weighted by Crippen LogP contribution is -2.28. The number of unbranched alkanes of at least 4 members (excludes halogenated alkanes) is 25. The summed E-state index contributed by atoms with van der Waals surface area (Å²) in [4.78, 5) is 22.6. The molecule has 0 aliphatic rings. The molecule has 8 nitrogen and oxygen atoms in total. The topological polar surface area (TPSA) is 117 Å². The molecule has 0 heterocycles. The van der Waals surface area contributed by atoms with E-state index in [4.69, 9.17) is 24.3 Å². The number of rotatable bonds is 46. The number of ether oxygens (including phenoxy) is 2. The summed E-state index contributed by atoms with van der Waals surface area (Å²) in [6.07, 6.45) is 55.6. The summed E-state index contributed by atoms with van der Waals surface area (Å²) >= 11 is 0. The molecule has 0 aromatic heterocycles. The molecule has 0 rings (SSSR count). The summed E-state index contributed by atoms with van der Waals surface area (Å²) in [7, 11) is -4.28. The number of carbonyl (C=O) groups is 1. The molecule has 0 aromatic rings. The van der Waals surface area contributed by atoms with Crippen LogP contribution in [0.15, 0.2) is 48.6 Å². The third kappa shape index (κ3) is 45.5. The van der Waals surface area contributed by atoms with Crippen LogP contribution in [0.5, 0.6) is 0 Å². The maximum Gasteiger partial charge on any atom is 0.472 e. The maximum absolute atomic E-state index is 12.6. The Hall–Kier alpha value is -1.54. The second-order valence-corrected chi connectivity index (χ2v) is 17.4. The summed E-state index contributed by atoms with van der Waals surface area (Å²) in [5.41, 5.74) is 5.38. The van der Waals surface area contributed by atoms with E-state index in [1.807, 2.05) is 0 Å². The van der Waals surface area contributed by atoms with Crippen molar-refractivity contribution in [3.63, 3.8) is 0 Å². The lowest BCUT2D eigenvalue weighted by molar-refractivity contribution is -0.154. The van der Waals surface area contributed by atoms with Crippen molar-refractivity contribution in [1.29, 1.82) is 0 Å². The number of hydrogen-bond donors (Lipinski definition) is 2. The van der Waals surface area contributed by atoms with Gasteiger partial charge in [-0.05, 0) is 70.6 Å². The minimum atomic E-state index is -4.28. The quantitative estimate of drug-likeness (QED) is 0.0269. The Balaban J connectivity index is 3.97. The Morgan fingerprint density at radius 1 is 0.534 bits per heavy atom. The molecule has 0 radical (unpaired) electrons. The predicted octanol–water partition coefficient (Wildman–Crippen LogP) is 14.8. The molecular weight excluding hydrogens is 746 g/mol. The molecule has 2 unspecified atom stereocenters. The van der Waals surface area contributed by atoms with E-state index >= 15 is 0 Å². The first-order chi connectivity index (χ1) is 28.4. The highest BCUT2D eigenvalue weighted by Gasteiger charge is 2.25. The van der Waals surface area contributed by atoms with Crippen LogP contribution in [0.1, 0.15) is 219 Å². The van der Waals surface area contributed by atoms with E-state index in [-0.39, 0.29) is 32.3 Å². The smallest absolute Gasteiger partial charge is 0.457 e. The van der Waals surface area contributed by atoms with Gasteiger partial charge in [0.1, 0.15) is 6.10 Å². The highest BCUT2D eigenvalue weighted by atomic mass is 31.2. The zero-order chi connectivity index (χ0) is 42.3. The fourth-order valence-electron chi connectivity index (χ4n) is 6.71. The number of phosphoric acid groups is 1. The molecule has 0 aromatic carbocycles. The van der Waals surface area contributed by atoms with Crippen molar-refractivity contribution in [3.8, 4) is 0 Å². The lowest BCUT2D eigenvalue weighted by atomic mass is 10.1. The lowest BCUT2D eigenvalue weighted by Gasteiger charge is -2.20. The van der Waals surface area contributed by atoms with Gasteiger partial charge in [0.05, 0.1) is 19.8 Å². The minimum Gasteiger partial charge on any atom is -0.457 e. The first-order valence-corrected chi connectivity index (χ1v) is 25.6. The Bertz CT molecular complexity index is 1030. The zero-order valence-electron chi connectivity index (χ0n) is 37.8. The van der Waals surface area contributed by atoms with Crippen molar-refractivity contribution in [1.82, 2.24) is 0 Å². The Labute approximate surface area is 358 Å². The average molecular weight is 838 g/mol. The van der Waals surface area contributed by atoms with Crippen molar-refractivity contribution in [2.24, 2.45) is 5.73 Å². The SMILES string of the molecule is CC/C=C\C/C=C\C/C=C\CCCCCCCCCCOCC(COP(=O)(O)OCCN)OC(=O)CCCCCCCCCCC/C=C\CCCCCCCCCC. The van der Waals surface area contributed by atoms with E-state index in [0.717, 1.165) is 57.8 Å². The largest absolute Gasteiger partial charge is 0.472 e. The van der Waals surface area contributed by atoms with Gasteiger partial charge in [-0.25, -0.2) is 4.57 Å². The molecule has 0 saturated carbocycles. The van der Waals surface area contributed by atoms with Crippen LogP contribution in [-0.4, -0.2) is 49.9 Å².